The summed E-state index contributed by atoms with van der Waals surface area (Å²) in [6.45, 7) is 5.16. The second-order valence-electron chi connectivity index (χ2n) is 8.82. The normalized spacial score (nSPS) is 17.6. The van der Waals surface area contributed by atoms with Crippen LogP contribution in [0.25, 0.3) is 16.5 Å². The van der Waals surface area contributed by atoms with Crippen molar-refractivity contribution in [2.24, 2.45) is 5.92 Å². The fourth-order valence-electron chi connectivity index (χ4n) is 4.18. The Morgan fingerprint density at radius 2 is 1.76 bits per heavy atom. The van der Waals surface area contributed by atoms with Gasteiger partial charge in [-0.25, -0.2) is 0 Å². The smallest absolute Gasteiger partial charge is 0.295 e. The molecule has 34 heavy (non-hydrogen) atoms. The van der Waals surface area contributed by atoms with E-state index in [0.29, 0.717) is 29.4 Å². The minimum absolute atomic E-state index is 0.0670. The third-order valence-electron chi connectivity index (χ3n) is 5.86. The van der Waals surface area contributed by atoms with Crippen LogP contribution in [0.5, 0.6) is 5.75 Å². The van der Waals surface area contributed by atoms with Crippen molar-refractivity contribution in [1.29, 1.82) is 0 Å². The van der Waals surface area contributed by atoms with Crippen LogP contribution in [0.3, 0.4) is 0 Å². The van der Waals surface area contributed by atoms with E-state index in [4.69, 9.17) is 9.47 Å². The summed E-state index contributed by atoms with van der Waals surface area (Å²) in [7, 11) is 1.54. The van der Waals surface area contributed by atoms with Crippen LogP contribution < -0.4 is 4.74 Å². The molecule has 1 N–H and O–H groups in total. The lowest BCUT2D eigenvalue weighted by Gasteiger charge is -2.25. The number of amides is 1. The maximum Gasteiger partial charge on any atom is 0.295 e. The second-order valence-corrected chi connectivity index (χ2v) is 8.82. The Bertz CT molecular complexity index is 1250. The van der Waals surface area contributed by atoms with Gasteiger partial charge >= 0.3 is 0 Å². The molecular weight excluding hydrogens is 430 g/mol. The van der Waals surface area contributed by atoms with Gasteiger partial charge < -0.3 is 19.5 Å². The first-order valence-corrected chi connectivity index (χ1v) is 11.4. The van der Waals surface area contributed by atoms with Crippen molar-refractivity contribution >= 4 is 28.2 Å². The van der Waals surface area contributed by atoms with Crippen molar-refractivity contribution in [2.45, 2.75) is 19.9 Å². The Kier molecular flexibility index (Phi) is 6.98. The average Bonchev–Trinajstić information content (AvgIpc) is 3.10. The van der Waals surface area contributed by atoms with E-state index in [1.54, 1.807) is 13.2 Å². The van der Waals surface area contributed by atoms with Crippen LogP contribution in [0.2, 0.25) is 0 Å². The summed E-state index contributed by atoms with van der Waals surface area (Å²) >= 11 is 0. The van der Waals surface area contributed by atoms with E-state index in [2.05, 4.69) is 13.8 Å². The number of rotatable bonds is 8. The maximum absolute atomic E-state index is 13.2. The highest BCUT2D eigenvalue weighted by Crippen LogP contribution is 2.40. The number of hydrogen-bond acceptors (Lipinski definition) is 5. The fraction of sp³-hybridized carbons (Fsp3) is 0.286. The third kappa shape index (κ3) is 4.68. The molecule has 0 bridgehead atoms. The topological polar surface area (TPSA) is 76.1 Å². The van der Waals surface area contributed by atoms with Crippen molar-refractivity contribution in [3.8, 4) is 5.75 Å². The molecule has 0 radical (unpaired) electrons. The van der Waals surface area contributed by atoms with Crippen molar-refractivity contribution in [3.63, 3.8) is 0 Å². The van der Waals surface area contributed by atoms with E-state index < -0.39 is 17.7 Å². The Morgan fingerprint density at radius 1 is 1.00 bits per heavy atom. The molecule has 4 rings (SSSR count). The van der Waals surface area contributed by atoms with Crippen LogP contribution in [0, 0.1) is 5.92 Å². The number of carbonyl (C=O) groups is 2. The number of fused-ring (bicyclic) bond motifs is 1. The van der Waals surface area contributed by atoms with Crippen LogP contribution in [-0.4, -0.2) is 48.6 Å². The quantitative estimate of drug-likeness (QED) is 0.293. The number of Topliss-reactive ketones (excluding diaryl/α,β-unsaturated/α-hetero) is 1. The third-order valence-corrected chi connectivity index (χ3v) is 5.86. The van der Waals surface area contributed by atoms with Crippen LogP contribution in [0.4, 0.5) is 0 Å². The first-order valence-electron chi connectivity index (χ1n) is 11.4. The van der Waals surface area contributed by atoms with Gasteiger partial charge in [0.25, 0.3) is 11.7 Å². The largest absolute Gasteiger partial charge is 0.507 e. The summed E-state index contributed by atoms with van der Waals surface area (Å²) in [4.78, 5) is 27.6. The number of hydrogen-bond donors (Lipinski definition) is 1. The standard InChI is InChI=1S/C28H29NO5/c1-18(2)17-34-23-10-6-9-21(16-23)25-24(27(31)28(32)29(25)13-14-33-3)26(30)22-12-11-19-7-4-5-8-20(19)15-22/h4-12,15-16,18,25,30H,13-14,17H2,1-3H3/b26-24-. The molecule has 0 spiro atoms. The van der Waals surface area contributed by atoms with E-state index in [1.165, 1.54) is 4.90 Å². The van der Waals surface area contributed by atoms with Gasteiger partial charge in [-0.15, -0.1) is 0 Å². The lowest BCUT2D eigenvalue weighted by atomic mass is 9.94. The lowest BCUT2D eigenvalue weighted by molar-refractivity contribution is -0.140. The molecule has 1 aliphatic rings. The van der Waals surface area contributed by atoms with Gasteiger partial charge in [0.2, 0.25) is 0 Å². The van der Waals surface area contributed by atoms with E-state index in [-0.39, 0.29) is 24.5 Å². The van der Waals surface area contributed by atoms with E-state index in [0.717, 1.165) is 10.8 Å². The van der Waals surface area contributed by atoms with Gasteiger partial charge in [-0.3, -0.25) is 9.59 Å². The van der Waals surface area contributed by atoms with Crippen LogP contribution >= 0.6 is 0 Å². The molecule has 0 saturated carbocycles. The molecule has 6 heteroatoms. The van der Waals surface area contributed by atoms with Gasteiger partial charge in [0.05, 0.1) is 24.8 Å². The van der Waals surface area contributed by atoms with Gasteiger partial charge in [0.1, 0.15) is 11.5 Å². The zero-order chi connectivity index (χ0) is 24.2. The van der Waals surface area contributed by atoms with Crippen molar-refractivity contribution < 1.29 is 24.2 Å². The van der Waals surface area contributed by atoms with Crippen LogP contribution in [0.15, 0.2) is 72.3 Å². The van der Waals surface area contributed by atoms with Crippen molar-refractivity contribution in [1.82, 2.24) is 4.90 Å². The highest BCUT2D eigenvalue weighted by molar-refractivity contribution is 6.46. The van der Waals surface area contributed by atoms with E-state index >= 15 is 0 Å². The molecular formula is C28H29NO5. The summed E-state index contributed by atoms with van der Waals surface area (Å²) < 4.78 is 11.1. The summed E-state index contributed by atoms with van der Waals surface area (Å²) in [5, 5.41) is 13.3. The van der Waals surface area contributed by atoms with Gasteiger partial charge in [0.15, 0.2) is 0 Å². The summed E-state index contributed by atoms with van der Waals surface area (Å²) in [5.74, 6) is -0.557. The van der Waals surface area contributed by atoms with Crippen molar-refractivity contribution in [3.05, 3.63) is 83.4 Å². The number of benzene rings is 3. The molecule has 1 amide bonds. The summed E-state index contributed by atoms with van der Waals surface area (Å²) in [6, 6.07) is 19.8. The summed E-state index contributed by atoms with van der Waals surface area (Å²) in [6.07, 6.45) is 0. The van der Waals surface area contributed by atoms with E-state index in [9.17, 15) is 14.7 Å². The predicted molar refractivity (Wildman–Crippen MR) is 132 cm³/mol. The van der Waals surface area contributed by atoms with E-state index in [1.807, 2.05) is 60.7 Å². The average molecular weight is 460 g/mol. The number of nitrogens with zero attached hydrogens (tertiary/aromatic N) is 1. The molecule has 1 heterocycles. The number of aliphatic hydroxyl groups is 1. The number of aliphatic hydroxyl groups excluding tert-OH is 1. The zero-order valence-corrected chi connectivity index (χ0v) is 19.7. The molecule has 0 aromatic heterocycles. The molecule has 6 nitrogen and oxygen atoms in total. The molecule has 1 unspecified atom stereocenters. The summed E-state index contributed by atoms with van der Waals surface area (Å²) in [5.41, 5.74) is 1.25. The molecule has 3 aromatic carbocycles. The molecule has 1 saturated heterocycles. The fourth-order valence-corrected chi connectivity index (χ4v) is 4.18. The number of ketones is 1. The Morgan fingerprint density at radius 3 is 2.50 bits per heavy atom. The van der Waals surface area contributed by atoms with Gasteiger partial charge in [-0.05, 0) is 40.5 Å². The molecule has 1 fully saturated rings. The highest BCUT2D eigenvalue weighted by Gasteiger charge is 2.46. The number of methoxy groups -OCH3 is 1. The SMILES string of the molecule is COCCN1C(=O)C(=O)/C(=C(\O)c2ccc3ccccc3c2)C1c1cccc(OCC(C)C)c1. The molecule has 1 aliphatic heterocycles. The number of ether oxygens (including phenoxy) is 2. The van der Waals surface area contributed by atoms with Gasteiger partial charge in [-0.2, -0.15) is 0 Å². The minimum Gasteiger partial charge on any atom is -0.507 e. The first kappa shape index (κ1) is 23.5. The molecule has 3 aromatic rings. The van der Waals surface area contributed by atoms with Gasteiger partial charge in [-0.1, -0.05) is 62.4 Å². The predicted octanol–water partition coefficient (Wildman–Crippen LogP) is 4.94. The monoisotopic (exact) mass is 459 g/mol. The molecule has 176 valence electrons. The van der Waals surface area contributed by atoms with Crippen LogP contribution in [-0.2, 0) is 14.3 Å². The molecule has 1 atom stereocenters. The Hall–Kier alpha value is -3.64. The zero-order valence-electron chi connectivity index (χ0n) is 19.7. The van der Waals surface area contributed by atoms with Gasteiger partial charge in [0, 0.05) is 19.2 Å². The highest BCUT2D eigenvalue weighted by atomic mass is 16.5. The van der Waals surface area contributed by atoms with Crippen molar-refractivity contribution in [2.75, 3.05) is 26.9 Å². The minimum atomic E-state index is -0.746. The Balaban J connectivity index is 1.82. The maximum atomic E-state index is 13.2. The lowest BCUT2D eigenvalue weighted by Crippen LogP contribution is -2.32. The number of likely N-dealkylation sites (tertiary alicyclic amines) is 1. The second kappa shape index (κ2) is 10.1. The Labute approximate surface area is 199 Å². The van der Waals surface area contributed by atoms with Crippen LogP contribution in [0.1, 0.15) is 31.0 Å². The number of carbonyl (C=O) groups excluding carboxylic acids is 2. The first-order chi connectivity index (χ1) is 16.4. The molecule has 0 aliphatic carbocycles.